The summed E-state index contributed by atoms with van der Waals surface area (Å²) in [6.07, 6.45) is 5.19. The standard InChI is InChI=1S/C15H19F2N/c1-18-15(9-6-10(16)8-11(17)7-9)14-12-4-2-3-5-13(12)14/h6-8,12-15,18H,2-5H2,1H3. The van der Waals surface area contributed by atoms with Crippen molar-refractivity contribution in [3.63, 3.8) is 0 Å². The topological polar surface area (TPSA) is 12.0 Å². The largest absolute Gasteiger partial charge is 0.313 e. The summed E-state index contributed by atoms with van der Waals surface area (Å²) < 4.78 is 26.6. The van der Waals surface area contributed by atoms with Crippen LogP contribution in [0.15, 0.2) is 18.2 Å². The van der Waals surface area contributed by atoms with Crippen molar-refractivity contribution in [3.05, 3.63) is 35.4 Å². The van der Waals surface area contributed by atoms with Gasteiger partial charge in [-0.05, 0) is 55.3 Å². The van der Waals surface area contributed by atoms with Gasteiger partial charge in [0.2, 0.25) is 0 Å². The predicted molar refractivity (Wildman–Crippen MR) is 67.1 cm³/mol. The molecule has 3 unspecified atom stereocenters. The molecule has 1 aromatic rings. The van der Waals surface area contributed by atoms with Crippen LogP contribution < -0.4 is 5.32 Å². The quantitative estimate of drug-likeness (QED) is 0.864. The average molecular weight is 251 g/mol. The van der Waals surface area contributed by atoms with Gasteiger partial charge in [-0.25, -0.2) is 8.78 Å². The normalized spacial score (nSPS) is 31.8. The molecule has 0 bridgehead atoms. The molecule has 18 heavy (non-hydrogen) atoms. The van der Waals surface area contributed by atoms with Gasteiger partial charge in [0, 0.05) is 12.1 Å². The molecule has 0 heterocycles. The first-order chi connectivity index (χ1) is 8.70. The number of nitrogens with one attached hydrogen (secondary N) is 1. The Morgan fingerprint density at radius 3 is 2.11 bits per heavy atom. The smallest absolute Gasteiger partial charge is 0.126 e. The van der Waals surface area contributed by atoms with E-state index in [4.69, 9.17) is 0 Å². The third-order valence-electron chi connectivity index (χ3n) is 4.66. The molecule has 2 saturated carbocycles. The van der Waals surface area contributed by atoms with Gasteiger partial charge in [-0.3, -0.25) is 0 Å². The molecular formula is C15H19F2N. The number of benzene rings is 1. The van der Waals surface area contributed by atoms with Crippen LogP contribution in [0.3, 0.4) is 0 Å². The Hall–Kier alpha value is -0.960. The Bertz CT molecular complexity index is 414. The van der Waals surface area contributed by atoms with Crippen LogP contribution in [0.1, 0.15) is 37.3 Å². The molecule has 0 saturated heterocycles. The molecule has 0 aliphatic heterocycles. The Labute approximate surface area is 107 Å². The summed E-state index contributed by atoms with van der Waals surface area (Å²) in [5.41, 5.74) is 0.759. The van der Waals surface area contributed by atoms with E-state index in [1.54, 1.807) is 0 Å². The van der Waals surface area contributed by atoms with Crippen LogP contribution in [0.25, 0.3) is 0 Å². The van der Waals surface area contributed by atoms with Crippen molar-refractivity contribution in [1.82, 2.24) is 5.32 Å². The summed E-state index contributed by atoms with van der Waals surface area (Å²) in [6, 6.07) is 3.97. The van der Waals surface area contributed by atoms with E-state index in [2.05, 4.69) is 5.32 Å². The Kier molecular flexibility index (Phi) is 3.10. The van der Waals surface area contributed by atoms with Gasteiger partial charge in [-0.15, -0.1) is 0 Å². The van der Waals surface area contributed by atoms with Crippen LogP contribution >= 0.6 is 0 Å². The second kappa shape index (κ2) is 4.61. The van der Waals surface area contributed by atoms with Gasteiger partial charge in [0.15, 0.2) is 0 Å². The van der Waals surface area contributed by atoms with Gasteiger partial charge in [-0.1, -0.05) is 12.8 Å². The molecule has 3 rings (SSSR count). The second-order valence-electron chi connectivity index (χ2n) is 5.66. The zero-order valence-corrected chi connectivity index (χ0v) is 10.6. The zero-order valence-electron chi connectivity index (χ0n) is 10.6. The van der Waals surface area contributed by atoms with Crippen molar-refractivity contribution in [1.29, 1.82) is 0 Å². The van der Waals surface area contributed by atoms with Crippen molar-refractivity contribution in [3.8, 4) is 0 Å². The summed E-state index contributed by atoms with van der Waals surface area (Å²) in [7, 11) is 1.89. The molecule has 0 spiro atoms. The molecule has 0 aromatic heterocycles. The van der Waals surface area contributed by atoms with E-state index in [1.807, 2.05) is 7.05 Å². The summed E-state index contributed by atoms with van der Waals surface area (Å²) >= 11 is 0. The first kappa shape index (κ1) is 12.1. The minimum atomic E-state index is -0.478. The lowest BCUT2D eigenvalue weighted by atomic mass is 9.99. The second-order valence-corrected chi connectivity index (χ2v) is 5.66. The van der Waals surface area contributed by atoms with Gasteiger partial charge in [0.05, 0.1) is 0 Å². The molecule has 3 atom stereocenters. The molecule has 98 valence electrons. The maximum atomic E-state index is 13.3. The van der Waals surface area contributed by atoms with Crippen molar-refractivity contribution in [2.45, 2.75) is 31.7 Å². The molecule has 0 amide bonds. The van der Waals surface area contributed by atoms with E-state index in [-0.39, 0.29) is 6.04 Å². The van der Waals surface area contributed by atoms with Gasteiger partial charge >= 0.3 is 0 Å². The third kappa shape index (κ3) is 2.05. The van der Waals surface area contributed by atoms with Crippen LogP contribution in [0.4, 0.5) is 8.78 Å². The van der Waals surface area contributed by atoms with Crippen molar-refractivity contribution >= 4 is 0 Å². The van der Waals surface area contributed by atoms with Gasteiger partial charge in [0.1, 0.15) is 11.6 Å². The molecule has 2 fully saturated rings. The number of fused-ring (bicyclic) bond motifs is 1. The van der Waals surface area contributed by atoms with Crippen molar-refractivity contribution in [2.75, 3.05) is 7.05 Å². The SMILES string of the molecule is CNC(c1cc(F)cc(F)c1)C1C2CCCCC21. The lowest BCUT2D eigenvalue weighted by Crippen LogP contribution is -2.20. The predicted octanol–water partition coefficient (Wildman–Crippen LogP) is 3.66. The van der Waals surface area contributed by atoms with Crippen LogP contribution in [-0.2, 0) is 0 Å². The van der Waals surface area contributed by atoms with E-state index in [1.165, 1.54) is 37.8 Å². The first-order valence-corrected chi connectivity index (χ1v) is 6.84. The Morgan fingerprint density at radius 2 is 1.61 bits per heavy atom. The highest BCUT2D eigenvalue weighted by atomic mass is 19.1. The van der Waals surface area contributed by atoms with E-state index in [0.29, 0.717) is 5.92 Å². The summed E-state index contributed by atoms with van der Waals surface area (Å²) in [6.45, 7) is 0. The number of halogens is 2. The van der Waals surface area contributed by atoms with E-state index < -0.39 is 11.6 Å². The highest BCUT2D eigenvalue weighted by molar-refractivity contribution is 5.25. The van der Waals surface area contributed by atoms with Crippen LogP contribution in [-0.4, -0.2) is 7.05 Å². The van der Waals surface area contributed by atoms with Crippen molar-refractivity contribution < 1.29 is 8.78 Å². The molecule has 1 nitrogen and oxygen atoms in total. The minimum absolute atomic E-state index is 0.100. The fraction of sp³-hybridized carbons (Fsp3) is 0.600. The monoisotopic (exact) mass is 251 g/mol. The summed E-state index contributed by atoms with van der Waals surface area (Å²) in [5, 5.41) is 3.26. The van der Waals surface area contributed by atoms with E-state index in [0.717, 1.165) is 23.5 Å². The lowest BCUT2D eigenvalue weighted by Gasteiger charge is -2.17. The Balaban J connectivity index is 1.84. The summed E-state index contributed by atoms with van der Waals surface area (Å²) in [4.78, 5) is 0. The highest BCUT2D eigenvalue weighted by Crippen LogP contribution is 2.60. The molecule has 3 heteroatoms. The maximum Gasteiger partial charge on any atom is 0.126 e. The first-order valence-electron chi connectivity index (χ1n) is 6.84. The molecule has 1 N–H and O–H groups in total. The zero-order chi connectivity index (χ0) is 12.7. The van der Waals surface area contributed by atoms with Crippen LogP contribution in [0, 0.1) is 29.4 Å². The number of rotatable bonds is 3. The molecule has 0 radical (unpaired) electrons. The fourth-order valence-electron chi connectivity index (χ4n) is 3.88. The van der Waals surface area contributed by atoms with E-state index >= 15 is 0 Å². The lowest BCUT2D eigenvalue weighted by molar-refractivity contribution is 0.473. The van der Waals surface area contributed by atoms with Gasteiger partial charge in [0.25, 0.3) is 0 Å². The van der Waals surface area contributed by atoms with Gasteiger partial charge in [-0.2, -0.15) is 0 Å². The van der Waals surface area contributed by atoms with Crippen LogP contribution in [0.2, 0.25) is 0 Å². The average Bonchev–Trinajstić information content (AvgIpc) is 3.04. The van der Waals surface area contributed by atoms with E-state index in [9.17, 15) is 8.78 Å². The molecule has 2 aliphatic carbocycles. The molecule has 1 aromatic carbocycles. The fourth-order valence-corrected chi connectivity index (χ4v) is 3.88. The van der Waals surface area contributed by atoms with Crippen LogP contribution in [0.5, 0.6) is 0 Å². The van der Waals surface area contributed by atoms with Gasteiger partial charge < -0.3 is 5.32 Å². The van der Waals surface area contributed by atoms with Crippen molar-refractivity contribution in [2.24, 2.45) is 17.8 Å². The maximum absolute atomic E-state index is 13.3. The minimum Gasteiger partial charge on any atom is -0.313 e. The summed E-state index contributed by atoms with van der Waals surface area (Å²) in [5.74, 6) is 1.14. The number of hydrogen-bond acceptors (Lipinski definition) is 1. The molecular weight excluding hydrogens is 232 g/mol. The molecule has 2 aliphatic rings. The Morgan fingerprint density at radius 1 is 1.06 bits per heavy atom. The number of hydrogen-bond donors (Lipinski definition) is 1. The highest BCUT2D eigenvalue weighted by Gasteiger charge is 2.54. The third-order valence-corrected chi connectivity index (χ3v) is 4.66.